The van der Waals surface area contributed by atoms with Gasteiger partial charge in [0, 0.05) is 37.7 Å². The number of aromatic nitrogens is 2. The average molecular weight is 381 g/mol. The van der Waals surface area contributed by atoms with Crippen molar-refractivity contribution in [3.8, 4) is 5.75 Å². The second-order valence-corrected chi connectivity index (χ2v) is 7.04. The molecule has 0 unspecified atom stereocenters. The zero-order valence-electron chi connectivity index (χ0n) is 15.8. The molecule has 2 aliphatic rings. The summed E-state index contributed by atoms with van der Waals surface area (Å²) in [6, 6.07) is 6.86. The Morgan fingerprint density at radius 3 is 2.18 bits per heavy atom. The highest BCUT2D eigenvalue weighted by molar-refractivity contribution is 5.94. The number of amides is 3. The molecule has 1 aromatic carbocycles. The van der Waals surface area contributed by atoms with Gasteiger partial charge in [-0.15, -0.1) is 0 Å². The van der Waals surface area contributed by atoms with E-state index in [0.29, 0.717) is 49.1 Å². The maximum Gasteiger partial charge on any atom is 0.322 e. The van der Waals surface area contributed by atoms with E-state index in [4.69, 9.17) is 4.74 Å². The number of nitrogens with zero attached hydrogens (tertiary/aromatic N) is 4. The summed E-state index contributed by atoms with van der Waals surface area (Å²) in [5.74, 6) is 2.02. The summed E-state index contributed by atoms with van der Waals surface area (Å²) in [6.07, 6.45) is 5.60. The fourth-order valence-electron chi connectivity index (χ4n) is 3.19. The first-order valence-electron chi connectivity index (χ1n) is 9.45. The topological polar surface area (TPSA) is 87.7 Å². The van der Waals surface area contributed by atoms with Crippen molar-refractivity contribution in [2.24, 2.45) is 0 Å². The third kappa shape index (κ3) is 4.05. The first kappa shape index (κ1) is 18.2. The third-order valence-electron chi connectivity index (χ3n) is 5.06. The lowest BCUT2D eigenvalue weighted by atomic mass is 10.1. The van der Waals surface area contributed by atoms with Crippen LogP contribution in [0.2, 0.25) is 0 Å². The van der Waals surface area contributed by atoms with Crippen LogP contribution in [0.3, 0.4) is 0 Å². The molecule has 8 heteroatoms. The Kier molecular flexibility index (Phi) is 5.10. The molecule has 3 amide bonds. The lowest BCUT2D eigenvalue weighted by molar-refractivity contribution is 0.0671. The van der Waals surface area contributed by atoms with Crippen LogP contribution in [0.4, 0.5) is 10.5 Å². The van der Waals surface area contributed by atoms with Gasteiger partial charge in [0.05, 0.1) is 25.2 Å². The lowest BCUT2D eigenvalue weighted by Crippen LogP contribution is -2.51. The van der Waals surface area contributed by atoms with Crippen molar-refractivity contribution >= 4 is 17.6 Å². The zero-order chi connectivity index (χ0) is 19.5. The van der Waals surface area contributed by atoms with Crippen molar-refractivity contribution in [2.75, 3.05) is 38.6 Å². The number of methoxy groups -OCH3 is 1. The van der Waals surface area contributed by atoms with Crippen molar-refractivity contribution in [3.63, 3.8) is 0 Å². The smallest absolute Gasteiger partial charge is 0.322 e. The number of nitrogens with one attached hydrogen (secondary N) is 1. The highest BCUT2D eigenvalue weighted by atomic mass is 16.5. The van der Waals surface area contributed by atoms with Gasteiger partial charge in [-0.3, -0.25) is 4.79 Å². The van der Waals surface area contributed by atoms with E-state index in [-0.39, 0.29) is 11.9 Å². The highest BCUT2D eigenvalue weighted by Gasteiger charge is 2.27. The molecule has 0 bridgehead atoms. The number of ether oxygens (including phenoxy) is 1. The monoisotopic (exact) mass is 381 g/mol. The number of benzene rings is 1. The standard InChI is InChI=1S/C20H23N5O3/c1-28-17-6-4-15(5-7-17)19(26)24-8-10-25(11-9-24)20(27)23-16-12-21-18(22-13-16)14-2-3-14/h4-7,12-14H,2-3,8-11H2,1H3,(H,23,27). The molecule has 0 spiro atoms. The highest BCUT2D eigenvalue weighted by Crippen LogP contribution is 2.37. The van der Waals surface area contributed by atoms with E-state index in [1.54, 1.807) is 53.6 Å². The number of hydrogen-bond acceptors (Lipinski definition) is 5. The third-order valence-corrected chi connectivity index (χ3v) is 5.06. The Balaban J connectivity index is 1.29. The summed E-state index contributed by atoms with van der Waals surface area (Å²) in [5.41, 5.74) is 1.21. The number of carbonyl (C=O) groups excluding carboxylic acids is 2. The van der Waals surface area contributed by atoms with Crippen LogP contribution >= 0.6 is 0 Å². The number of carbonyl (C=O) groups is 2. The molecule has 146 valence electrons. The predicted molar refractivity (Wildman–Crippen MR) is 103 cm³/mol. The number of anilines is 1. The maximum atomic E-state index is 12.6. The summed E-state index contributed by atoms with van der Waals surface area (Å²) in [5, 5.41) is 2.83. The van der Waals surface area contributed by atoms with Crippen molar-refractivity contribution in [2.45, 2.75) is 18.8 Å². The van der Waals surface area contributed by atoms with Crippen molar-refractivity contribution in [1.29, 1.82) is 0 Å². The molecule has 1 aromatic heterocycles. The molecular formula is C20H23N5O3. The van der Waals surface area contributed by atoms with Gasteiger partial charge in [0.25, 0.3) is 5.91 Å². The molecule has 8 nitrogen and oxygen atoms in total. The number of hydrogen-bond donors (Lipinski definition) is 1. The first-order valence-corrected chi connectivity index (χ1v) is 9.45. The van der Waals surface area contributed by atoms with E-state index in [1.807, 2.05) is 0 Å². The van der Waals surface area contributed by atoms with Crippen LogP contribution in [0.15, 0.2) is 36.7 Å². The minimum Gasteiger partial charge on any atom is -0.497 e. The van der Waals surface area contributed by atoms with Crippen LogP contribution in [0.1, 0.15) is 34.9 Å². The number of piperazine rings is 1. The molecule has 2 fully saturated rings. The van der Waals surface area contributed by atoms with E-state index in [2.05, 4.69) is 15.3 Å². The van der Waals surface area contributed by atoms with E-state index in [0.717, 1.165) is 18.7 Å². The summed E-state index contributed by atoms with van der Waals surface area (Å²) < 4.78 is 5.12. The van der Waals surface area contributed by atoms with Gasteiger partial charge < -0.3 is 19.9 Å². The predicted octanol–water partition coefficient (Wildman–Crippen LogP) is 2.35. The molecule has 1 saturated carbocycles. The molecule has 28 heavy (non-hydrogen) atoms. The fraction of sp³-hybridized carbons (Fsp3) is 0.400. The van der Waals surface area contributed by atoms with E-state index < -0.39 is 0 Å². The van der Waals surface area contributed by atoms with Gasteiger partial charge >= 0.3 is 6.03 Å². The van der Waals surface area contributed by atoms with E-state index in [9.17, 15) is 9.59 Å². The van der Waals surface area contributed by atoms with Gasteiger partial charge in [-0.1, -0.05) is 0 Å². The molecule has 1 N–H and O–H groups in total. The van der Waals surface area contributed by atoms with Crippen LogP contribution in [-0.2, 0) is 0 Å². The number of rotatable bonds is 4. The van der Waals surface area contributed by atoms with Crippen LogP contribution in [-0.4, -0.2) is 65.0 Å². The molecule has 2 aromatic rings. The first-order chi connectivity index (χ1) is 13.6. The Bertz CT molecular complexity index is 841. The Morgan fingerprint density at radius 2 is 1.61 bits per heavy atom. The summed E-state index contributed by atoms with van der Waals surface area (Å²) >= 11 is 0. The van der Waals surface area contributed by atoms with Gasteiger partial charge in [0.15, 0.2) is 0 Å². The molecule has 1 aliphatic carbocycles. The Morgan fingerprint density at radius 1 is 1.00 bits per heavy atom. The summed E-state index contributed by atoms with van der Waals surface area (Å²) in [7, 11) is 1.59. The van der Waals surface area contributed by atoms with Crippen LogP contribution in [0.5, 0.6) is 5.75 Å². The SMILES string of the molecule is COc1ccc(C(=O)N2CCN(C(=O)Nc3cnc(C4CC4)nc3)CC2)cc1. The molecule has 0 atom stereocenters. The van der Waals surface area contributed by atoms with Crippen LogP contribution < -0.4 is 10.1 Å². The largest absolute Gasteiger partial charge is 0.497 e. The fourth-order valence-corrected chi connectivity index (χ4v) is 3.19. The molecule has 0 radical (unpaired) electrons. The average Bonchev–Trinajstić information content (AvgIpc) is 3.59. The minimum absolute atomic E-state index is 0.0354. The van der Waals surface area contributed by atoms with Gasteiger partial charge in [0.1, 0.15) is 11.6 Å². The molecule has 1 saturated heterocycles. The normalized spacial score (nSPS) is 16.6. The van der Waals surface area contributed by atoms with Crippen molar-refractivity contribution in [3.05, 3.63) is 48.0 Å². The quantitative estimate of drug-likeness (QED) is 0.878. The molecular weight excluding hydrogens is 358 g/mol. The maximum absolute atomic E-state index is 12.6. The second kappa shape index (κ2) is 7.84. The summed E-state index contributed by atoms with van der Waals surface area (Å²) in [6.45, 7) is 1.95. The molecule has 4 rings (SSSR count). The van der Waals surface area contributed by atoms with Gasteiger partial charge in [0.2, 0.25) is 0 Å². The van der Waals surface area contributed by atoms with Crippen molar-refractivity contribution in [1.82, 2.24) is 19.8 Å². The van der Waals surface area contributed by atoms with Gasteiger partial charge in [-0.05, 0) is 37.1 Å². The van der Waals surface area contributed by atoms with Gasteiger partial charge in [-0.2, -0.15) is 0 Å². The minimum atomic E-state index is -0.195. The summed E-state index contributed by atoms with van der Waals surface area (Å²) in [4.78, 5) is 37.2. The van der Waals surface area contributed by atoms with E-state index >= 15 is 0 Å². The van der Waals surface area contributed by atoms with Crippen LogP contribution in [0, 0.1) is 0 Å². The Labute approximate surface area is 163 Å². The lowest BCUT2D eigenvalue weighted by Gasteiger charge is -2.34. The van der Waals surface area contributed by atoms with Crippen molar-refractivity contribution < 1.29 is 14.3 Å². The number of urea groups is 1. The Hall–Kier alpha value is -3.16. The molecule has 2 heterocycles. The second-order valence-electron chi connectivity index (χ2n) is 7.04. The van der Waals surface area contributed by atoms with Gasteiger partial charge in [-0.25, -0.2) is 14.8 Å². The van der Waals surface area contributed by atoms with Crippen LogP contribution in [0.25, 0.3) is 0 Å². The molecule has 1 aliphatic heterocycles. The zero-order valence-corrected chi connectivity index (χ0v) is 15.8. The van der Waals surface area contributed by atoms with E-state index in [1.165, 1.54) is 0 Å².